The molecular weight excluding hydrogens is 266 g/mol. The van der Waals surface area contributed by atoms with Crippen LogP contribution in [0, 0.1) is 16.0 Å². The third-order valence-corrected chi connectivity index (χ3v) is 3.64. The van der Waals surface area contributed by atoms with Gasteiger partial charge in [0.2, 0.25) is 0 Å². The highest BCUT2D eigenvalue weighted by atomic mass is 35.5. The fourth-order valence-corrected chi connectivity index (χ4v) is 2.89. The van der Waals surface area contributed by atoms with Crippen LogP contribution in [0.2, 0.25) is 5.02 Å². The SMILES string of the molecule is CC1CC(N)CN(Cc2ccc(Cl)cc2[N+](=O)[O-])C1. The van der Waals surface area contributed by atoms with Crippen molar-refractivity contribution in [3.8, 4) is 0 Å². The lowest BCUT2D eigenvalue weighted by Crippen LogP contribution is -2.45. The van der Waals surface area contributed by atoms with Gasteiger partial charge in [-0.05, 0) is 24.5 Å². The zero-order chi connectivity index (χ0) is 14.0. The lowest BCUT2D eigenvalue weighted by atomic mass is 9.96. The predicted molar refractivity (Wildman–Crippen MR) is 75.1 cm³/mol. The molecule has 2 rings (SSSR count). The van der Waals surface area contributed by atoms with Crippen molar-refractivity contribution in [2.24, 2.45) is 11.7 Å². The molecule has 1 aliphatic rings. The maximum atomic E-state index is 11.0. The van der Waals surface area contributed by atoms with Crippen molar-refractivity contribution in [2.45, 2.75) is 25.9 Å². The van der Waals surface area contributed by atoms with Crippen molar-refractivity contribution in [3.05, 3.63) is 38.9 Å². The van der Waals surface area contributed by atoms with Gasteiger partial charge in [0.1, 0.15) is 0 Å². The summed E-state index contributed by atoms with van der Waals surface area (Å²) in [5, 5.41) is 11.4. The minimum absolute atomic E-state index is 0.0827. The molecule has 2 N–H and O–H groups in total. The summed E-state index contributed by atoms with van der Waals surface area (Å²) in [5.74, 6) is 0.523. The number of likely N-dealkylation sites (tertiary alicyclic amines) is 1. The van der Waals surface area contributed by atoms with E-state index in [4.69, 9.17) is 17.3 Å². The van der Waals surface area contributed by atoms with Gasteiger partial charge in [-0.25, -0.2) is 0 Å². The Morgan fingerprint density at radius 2 is 2.26 bits per heavy atom. The van der Waals surface area contributed by atoms with Crippen molar-refractivity contribution >= 4 is 17.3 Å². The Morgan fingerprint density at radius 3 is 2.89 bits per heavy atom. The van der Waals surface area contributed by atoms with Crippen molar-refractivity contribution < 1.29 is 4.92 Å². The first kappa shape index (κ1) is 14.2. The molecule has 1 aliphatic heterocycles. The van der Waals surface area contributed by atoms with E-state index in [1.54, 1.807) is 12.1 Å². The molecule has 19 heavy (non-hydrogen) atoms. The molecular formula is C13H18ClN3O2. The van der Waals surface area contributed by atoms with E-state index < -0.39 is 0 Å². The molecule has 0 aliphatic carbocycles. The zero-order valence-electron chi connectivity index (χ0n) is 10.9. The van der Waals surface area contributed by atoms with E-state index in [9.17, 15) is 10.1 Å². The lowest BCUT2D eigenvalue weighted by Gasteiger charge is -2.34. The Kier molecular flexibility index (Phi) is 4.39. The number of halogens is 1. The highest BCUT2D eigenvalue weighted by molar-refractivity contribution is 6.30. The fourth-order valence-electron chi connectivity index (χ4n) is 2.72. The summed E-state index contributed by atoms with van der Waals surface area (Å²) in [5.41, 5.74) is 6.77. The van der Waals surface area contributed by atoms with Crippen LogP contribution in [0.1, 0.15) is 18.9 Å². The van der Waals surface area contributed by atoms with E-state index in [1.165, 1.54) is 6.07 Å². The van der Waals surface area contributed by atoms with Gasteiger partial charge in [0.15, 0.2) is 0 Å². The maximum Gasteiger partial charge on any atom is 0.275 e. The molecule has 0 aromatic heterocycles. The Labute approximate surface area is 117 Å². The first-order chi connectivity index (χ1) is 8.95. The molecule has 0 bridgehead atoms. The van der Waals surface area contributed by atoms with Gasteiger partial charge in [0.25, 0.3) is 5.69 Å². The van der Waals surface area contributed by atoms with Gasteiger partial charge in [0, 0.05) is 42.3 Å². The number of rotatable bonds is 3. The van der Waals surface area contributed by atoms with Crippen LogP contribution >= 0.6 is 11.6 Å². The third kappa shape index (κ3) is 3.65. The quantitative estimate of drug-likeness (QED) is 0.683. The number of benzene rings is 1. The summed E-state index contributed by atoms with van der Waals surface area (Å²) in [4.78, 5) is 12.8. The Hall–Kier alpha value is -1.17. The van der Waals surface area contributed by atoms with Gasteiger partial charge in [-0.3, -0.25) is 15.0 Å². The number of piperidine rings is 1. The van der Waals surface area contributed by atoms with Crippen LogP contribution < -0.4 is 5.73 Å². The number of hydrogen-bond donors (Lipinski definition) is 1. The van der Waals surface area contributed by atoms with Gasteiger partial charge >= 0.3 is 0 Å². The average molecular weight is 284 g/mol. The molecule has 0 radical (unpaired) electrons. The second-order valence-electron chi connectivity index (χ2n) is 5.33. The minimum Gasteiger partial charge on any atom is -0.327 e. The normalized spacial score (nSPS) is 24.4. The molecule has 2 atom stereocenters. The molecule has 6 heteroatoms. The van der Waals surface area contributed by atoms with E-state index in [0.29, 0.717) is 23.0 Å². The molecule has 104 valence electrons. The highest BCUT2D eigenvalue weighted by Gasteiger charge is 2.24. The molecule has 1 aromatic rings. The Bertz CT molecular complexity index is 471. The zero-order valence-corrected chi connectivity index (χ0v) is 11.6. The first-order valence-electron chi connectivity index (χ1n) is 6.36. The molecule has 5 nitrogen and oxygen atoms in total. The van der Waals surface area contributed by atoms with Crippen LogP contribution in [0.15, 0.2) is 18.2 Å². The summed E-state index contributed by atoms with van der Waals surface area (Å²) in [7, 11) is 0. The number of nitrogens with two attached hydrogens (primary N) is 1. The highest BCUT2D eigenvalue weighted by Crippen LogP contribution is 2.26. The Balaban J connectivity index is 2.16. The topological polar surface area (TPSA) is 72.4 Å². The van der Waals surface area contributed by atoms with Gasteiger partial charge < -0.3 is 5.73 Å². The van der Waals surface area contributed by atoms with E-state index >= 15 is 0 Å². The summed E-state index contributed by atoms with van der Waals surface area (Å²) < 4.78 is 0. The second kappa shape index (κ2) is 5.86. The average Bonchev–Trinajstić information content (AvgIpc) is 2.30. The largest absolute Gasteiger partial charge is 0.327 e. The van der Waals surface area contributed by atoms with E-state index in [2.05, 4.69) is 11.8 Å². The number of hydrogen-bond acceptors (Lipinski definition) is 4. The van der Waals surface area contributed by atoms with Gasteiger partial charge in [-0.2, -0.15) is 0 Å². The molecule has 0 amide bonds. The smallest absolute Gasteiger partial charge is 0.275 e. The number of nitrogens with zero attached hydrogens (tertiary/aromatic N) is 2. The molecule has 0 saturated carbocycles. The monoisotopic (exact) mass is 283 g/mol. The van der Waals surface area contributed by atoms with E-state index in [0.717, 1.165) is 19.5 Å². The summed E-state index contributed by atoms with van der Waals surface area (Å²) >= 11 is 5.81. The second-order valence-corrected chi connectivity index (χ2v) is 5.76. The molecule has 1 fully saturated rings. The van der Waals surface area contributed by atoms with Crippen molar-refractivity contribution in [3.63, 3.8) is 0 Å². The van der Waals surface area contributed by atoms with Crippen molar-refractivity contribution in [2.75, 3.05) is 13.1 Å². The van der Waals surface area contributed by atoms with Crippen LogP contribution in [0.5, 0.6) is 0 Å². The van der Waals surface area contributed by atoms with Crippen molar-refractivity contribution in [1.29, 1.82) is 0 Å². The predicted octanol–water partition coefficient (Wildman–Crippen LogP) is 2.42. The van der Waals surface area contributed by atoms with Crippen LogP contribution in [-0.4, -0.2) is 29.0 Å². The first-order valence-corrected chi connectivity index (χ1v) is 6.74. The van der Waals surface area contributed by atoms with E-state index in [1.807, 2.05) is 0 Å². The number of nitro benzene ring substituents is 1. The third-order valence-electron chi connectivity index (χ3n) is 3.41. The standard InChI is InChI=1S/C13H18ClN3O2/c1-9-4-12(15)8-16(6-9)7-10-2-3-11(14)5-13(10)17(18)19/h2-3,5,9,12H,4,6-8,15H2,1H3. The van der Waals surface area contributed by atoms with Crippen molar-refractivity contribution in [1.82, 2.24) is 4.90 Å². The van der Waals surface area contributed by atoms with Crippen LogP contribution in [0.25, 0.3) is 0 Å². The van der Waals surface area contributed by atoms with Gasteiger partial charge in [-0.1, -0.05) is 18.5 Å². The molecule has 0 spiro atoms. The van der Waals surface area contributed by atoms with Gasteiger partial charge in [-0.15, -0.1) is 0 Å². The minimum atomic E-state index is -0.380. The van der Waals surface area contributed by atoms with Crippen LogP contribution in [0.3, 0.4) is 0 Å². The van der Waals surface area contributed by atoms with Gasteiger partial charge in [0.05, 0.1) is 4.92 Å². The van der Waals surface area contributed by atoms with Crippen LogP contribution in [0.4, 0.5) is 5.69 Å². The van der Waals surface area contributed by atoms with Crippen LogP contribution in [-0.2, 0) is 6.54 Å². The summed E-state index contributed by atoms with van der Waals surface area (Å²) in [6.45, 7) is 4.41. The molecule has 1 heterocycles. The maximum absolute atomic E-state index is 11.0. The summed E-state index contributed by atoms with van der Waals surface area (Å²) in [6.07, 6.45) is 1.01. The lowest BCUT2D eigenvalue weighted by molar-refractivity contribution is -0.385. The number of nitro groups is 1. The summed E-state index contributed by atoms with van der Waals surface area (Å²) in [6, 6.07) is 4.97. The fraction of sp³-hybridized carbons (Fsp3) is 0.538. The molecule has 1 saturated heterocycles. The molecule has 2 unspecified atom stereocenters. The molecule has 1 aromatic carbocycles. The Morgan fingerprint density at radius 1 is 1.53 bits per heavy atom. The van der Waals surface area contributed by atoms with E-state index in [-0.39, 0.29) is 16.7 Å².